The summed E-state index contributed by atoms with van der Waals surface area (Å²) in [4.78, 5) is 84.3. The normalized spacial score (nSPS) is 18.8. The lowest BCUT2D eigenvalue weighted by Gasteiger charge is -2.29. The molecule has 3 saturated carbocycles. The van der Waals surface area contributed by atoms with Gasteiger partial charge in [-0.05, 0) is 130 Å². The molecule has 0 saturated heterocycles. The highest BCUT2D eigenvalue weighted by Gasteiger charge is 2.30. The topological polar surface area (TPSA) is 231 Å². The van der Waals surface area contributed by atoms with Gasteiger partial charge in [-0.25, -0.2) is 19.9 Å². The van der Waals surface area contributed by atoms with E-state index in [0.29, 0.717) is 70.7 Å². The van der Waals surface area contributed by atoms with Gasteiger partial charge in [-0.1, -0.05) is 152 Å². The molecule has 0 amide bonds. The molecule has 0 bridgehead atoms. The average Bonchev–Trinajstić information content (AvgIpc) is 0.768. The number of aliphatic hydroxyl groups excluding tert-OH is 3. The molecule has 6 aromatic carbocycles. The third kappa shape index (κ3) is 13.8. The number of fused-ring (bicyclic) bond motifs is 9. The minimum atomic E-state index is -0.517. The van der Waals surface area contributed by atoms with Crippen molar-refractivity contribution in [2.45, 2.75) is 133 Å². The SMILES string of the molecule is CI.COc1ccc(Cc2cc3c(=O)n([C@H]4CCCC[C@@H]4O)cnc3c3ccccc23)cn1.Cn1cc(Cc2cc3c(=O)n([C@H]4CCCC[C@@H]4O)cnc3c3ccccc23)ccc1=O.Cn1cc(Cc2cc3c(=O)n([C@H]4CCCC[C@@H]4O)cnc3c3ccccc23)ccc1=O. The summed E-state index contributed by atoms with van der Waals surface area (Å²) < 4.78 is 13.2. The van der Waals surface area contributed by atoms with E-state index in [0.717, 1.165) is 130 Å². The fraction of sp³-hybridized carbons (Fsp3) is 0.329. The van der Waals surface area contributed by atoms with Crippen LogP contribution in [0, 0.1) is 0 Å². The van der Waals surface area contributed by atoms with Crippen molar-refractivity contribution >= 4 is 87.6 Å². The van der Waals surface area contributed by atoms with Crippen molar-refractivity contribution in [2.75, 3.05) is 12.0 Å². The van der Waals surface area contributed by atoms with E-state index in [1.54, 1.807) is 81.4 Å². The number of aromatic nitrogens is 9. The van der Waals surface area contributed by atoms with Crippen LogP contribution in [0.3, 0.4) is 0 Å². The van der Waals surface area contributed by atoms with Gasteiger partial charge in [0.2, 0.25) is 17.0 Å². The molecule has 0 unspecified atom stereocenters. The zero-order chi connectivity index (χ0) is 66.4. The second kappa shape index (κ2) is 29.3. The van der Waals surface area contributed by atoms with Gasteiger partial charge in [-0.15, -0.1) is 0 Å². The maximum Gasteiger partial charge on any atom is 0.261 e. The Kier molecular flexibility index (Phi) is 20.4. The van der Waals surface area contributed by atoms with Crippen LogP contribution in [0.1, 0.15) is 129 Å². The van der Waals surface area contributed by atoms with Crippen LogP contribution < -0.4 is 32.5 Å². The van der Waals surface area contributed by atoms with Gasteiger partial charge in [0.1, 0.15) is 0 Å². The smallest absolute Gasteiger partial charge is 0.261 e. The standard InChI is InChI=1S/3C25H25N3O3.CH3I/c2*1-27-14-16(10-11-23(27)30)12-17-13-20-24(19-7-3-2-6-18(17)19)26-15-28(25(20)31)21-8-4-5-9-22(21)29;1-31-23-11-10-16(14-26-23)12-17-13-20-24(19-7-3-2-6-18(17)19)27-15-28(25(20)30)21-8-4-5-9-22(21)29;1-2/h3*2-3,6-7,10-11,13-15,21-22,29H,4-5,8-9,12H2,1H3;1H3/t3*21-,22-;/m000./s1. The molecule has 0 aliphatic heterocycles. The Labute approximate surface area is 562 Å². The van der Waals surface area contributed by atoms with E-state index in [1.165, 1.54) is 0 Å². The van der Waals surface area contributed by atoms with Gasteiger partial charge < -0.3 is 29.2 Å². The lowest BCUT2D eigenvalue weighted by atomic mass is 9.92. The summed E-state index contributed by atoms with van der Waals surface area (Å²) in [5.41, 5.74) is 7.80. The first-order valence-electron chi connectivity index (χ1n) is 32.7. The number of hydrogen-bond acceptors (Lipinski definition) is 13. The average molecular weight is 1390 g/mol. The number of rotatable bonds is 10. The summed E-state index contributed by atoms with van der Waals surface area (Å²) in [5, 5.41) is 39.2. The maximum absolute atomic E-state index is 13.5. The van der Waals surface area contributed by atoms with E-state index < -0.39 is 18.3 Å². The van der Waals surface area contributed by atoms with Crippen LogP contribution in [0.4, 0.5) is 0 Å². The number of nitrogens with zero attached hydrogens (tertiary/aromatic N) is 9. The summed E-state index contributed by atoms with van der Waals surface area (Å²) in [7, 11) is 5.07. The van der Waals surface area contributed by atoms with E-state index in [-0.39, 0.29) is 45.9 Å². The minimum absolute atomic E-state index is 0.0507. The molecule has 3 aliphatic carbocycles. The number of benzene rings is 6. The molecule has 12 aromatic rings. The highest BCUT2D eigenvalue weighted by atomic mass is 127. The van der Waals surface area contributed by atoms with Gasteiger partial charge in [0.25, 0.3) is 16.7 Å². The van der Waals surface area contributed by atoms with Crippen LogP contribution >= 0.6 is 22.6 Å². The van der Waals surface area contributed by atoms with Crippen molar-refractivity contribution in [3.8, 4) is 5.88 Å². The highest BCUT2D eigenvalue weighted by Crippen LogP contribution is 2.35. The molecule has 3 N–H and O–H groups in total. The van der Waals surface area contributed by atoms with E-state index in [1.807, 2.05) is 127 Å². The number of pyridine rings is 3. The maximum atomic E-state index is 13.5. The van der Waals surface area contributed by atoms with Gasteiger partial charge in [-0.3, -0.25) is 37.7 Å². The van der Waals surface area contributed by atoms with Gasteiger partial charge in [-0.2, -0.15) is 0 Å². The number of alkyl halides is 1. The Bertz CT molecular complexity index is 4910. The first-order chi connectivity index (χ1) is 46.2. The number of ether oxygens (including phenoxy) is 1. The zero-order valence-corrected chi connectivity index (χ0v) is 56.0. The monoisotopic (exact) mass is 1390 g/mol. The molecule has 0 radical (unpaired) electrons. The molecular formula is C76H78IN9O9. The van der Waals surface area contributed by atoms with Crippen LogP contribution in [0.2, 0.25) is 0 Å². The van der Waals surface area contributed by atoms with Crippen molar-refractivity contribution in [1.29, 1.82) is 0 Å². The quantitative estimate of drug-likeness (QED) is 0.0658. The molecule has 3 fully saturated rings. The molecular weight excluding hydrogens is 1310 g/mol. The predicted octanol–water partition coefficient (Wildman–Crippen LogP) is 11.7. The summed E-state index contributed by atoms with van der Waals surface area (Å²) in [6.07, 6.45) is 21.1. The molecule has 19 heteroatoms. The zero-order valence-electron chi connectivity index (χ0n) is 53.9. The Morgan fingerprint density at radius 2 is 0.726 bits per heavy atom. The first kappa shape index (κ1) is 66.0. The van der Waals surface area contributed by atoms with Crippen molar-refractivity contribution < 1.29 is 20.1 Å². The molecule has 6 aromatic heterocycles. The number of aryl methyl sites for hydroxylation is 2. The number of hydrogen-bond donors (Lipinski definition) is 3. The predicted molar refractivity (Wildman–Crippen MR) is 384 cm³/mol. The second-order valence-corrected chi connectivity index (χ2v) is 25.3. The van der Waals surface area contributed by atoms with E-state index in [2.05, 4.69) is 48.6 Å². The van der Waals surface area contributed by atoms with Gasteiger partial charge >= 0.3 is 0 Å². The lowest BCUT2D eigenvalue weighted by molar-refractivity contribution is 0.0733. The van der Waals surface area contributed by atoms with E-state index in [4.69, 9.17) is 4.74 Å². The molecule has 0 spiro atoms. The van der Waals surface area contributed by atoms with Crippen LogP contribution in [0.15, 0.2) is 189 Å². The number of aliphatic hydroxyl groups is 3. The molecule has 6 atom stereocenters. The van der Waals surface area contributed by atoms with Gasteiger partial charge in [0, 0.05) is 67.0 Å². The lowest BCUT2D eigenvalue weighted by Crippen LogP contribution is -2.34. The van der Waals surface area contributed by atoms with E-state index in [9.17, 15) is 39.3 Å². The second-order valence-electron chi connectivity index (χ2n) is 25.3. The van der Waals surface area contributed by atoms with Crippen LogP contribution in [-0.2, 0) is 33.4 Å². The molecule has 15 rings (SSSR count). The van der Waals surface area contributed by atoms with Crippen molar-refractivity contribution in [3.63, 3.8) is 0 Å². The van der Waals surface area contributed by atoms with Gasteiger partial charge in [0.05, 0.1) is 95.2 Å². The highest BCUT2D eigenvalue weighted by molar-refractivity contribution is 14.1. The van der Waals surface area contributed by atoms with Gasteiger partial charge in [0.15, 0.2) is 0 Å². The Morgan fingerprint density at radius 1 is 0.411 bits per heavy atom. The first-order valence-corrected chi connectivity index (χ1v) is 34.8. The van der Waals surface area contributed by atoms with Crippen molar-refractivity contribution in [3.05, 3.63) is 250 Å². The summed E-state index contributed by atoms with van der Waals surface area (Å²) in [6, 6.07) is 39.8. The van der Waals surface area contributed by atoms with Crippen molar-refractivity contribution in [2.24, 2.45) is 14.1 Å². The van der Waals surface area contributed by atoms with Crippen LogP contribution in [-0.4, -0.2) is 88.4 Å². The fourth-order valence-corrected chi connectivity index (χ4v) is 14.3. The summed E-state index contributed by atoms with van der Waals surface area (Å²) in [5.74, 6) is 0.574. The van der Waals surface area contributed by atoms with Crippen molar-refractivity contribution in [1.82, 2.24) is 42.8 Å². The minimum Gasteiger partial charge on any atom is -0.481 e. The largest absolute Gasteiger partial charge is 0.481 e. The number of methoxy groups -OCH3 is 1. The van der Waals surface area contributed by atoms with Crippen LogP contribution in [0.5, 0.6) is 5.88 Å². The molecule has 95 heavy (non-hydrogen) atoms. The summed E-state index contributed by atoms with van der Waals surface area (Å²) >= 11 is 2.15. The molecule has 488 valence electrons. The Morgan fingerprint density at radius 3 is 1.03 bits per heavy atom. The third-order valence-corrected chi connectivity index (χ3v) is 19.3. The third-order valence-electron chi connectivity index (χ3n) is 19.3. The van der Waals surface area contributed by atoms with E-state index >= 15 is 0 Å². The molecule has 18 nitrogen and oxygen atoms in total. The fourth-order valence-electron chi connectivity index (χ4n) is 14.3. The Hall–Kier alpha value is -9.02. The summed E-state index contributed by atoms with van der Waals surface area (Å²) in [6.45, 7) is 0. The Balaban J connectivity index is 0.000000135. The molecule has 3 aliphatic rings. The van der Waals surface area contributed by atoms with Crippen LogP contribution in [0.25, 0.3) is 65.0 Å². The number of halogens is 1. The molecule has 6 heterocycles.